The number of amides is 3. The molecule has 4 aromatic rings. The average molecular weight is 623 g/mol. The van der Waals surface area contributed by atoms with Gasteiger partial charge in [-0.25, -0.2) is 14.5 Å². The number of ether oxygens (including phenoxy) is 1. The summed E-state index contributed by atoms with van der Waals surface area (Å²) < 4.78 is 45.3. The monoisotopic (exact) mass is 622 g/mol. The fourth-order valence-corrected chi connectivity index (χ4v) is 5.46. The molecule has 0 unspecified atom stereocenters. The standard InChI is InChI=1S/C31H29F3N6O3S/c1-19(2)25-13-12-24(43-3)16-26(25)40-27(41)17-44-30(40)37-29(42)35-15-14-20-4-6-21(7-5-20)28-36-18-39(38-28)23-10-8-22(9-11-23)31(32,33)34/h4-13,16,18-19H,14-15,17H2,1-3H3,(H,35,42)/b37-30-. The Morgan fingerprint density at radius 2 is 1.82 bits per heavy atom. The van der Waals surface area contributed by atoms with Crippen molar-refractivity contribution >= 4 is 34.6 Å². The van der Waals surface area contributed by atoms with Gasteiger partial charge in [-0.05, 0) is 53.8 Å². The molecule has 0 bridgehead atoms. The molecule has 0 atom stereocenters. The third-order valence-electron chi connectivity index (χ3n) is 6.92. The number of carbonyl (C=O) groups is 2. The van der Waals surface area contributed by atoms with Crippen molar-refractivity contribution in [1.82, 2.24) is 20.1 Å². The van der Waals surface area contributed by atoms with Gasteiger partial charge < -0.3 is 10.1 Å². The van der Waals surface area contributed by atoms with Crippen LogP contribution in [0.15, 0.2) is 78.0 Å². The maximum atomic E-state index is 12.8. The summed E-state index contributed by atoms with van der Waals surface area (Å²) in [5.74, 6) is 1.19. The smallest absolute Gasteiger partial charge is 0.416 e. The van der Waals surface area contributed by atoms with Crippen LogP contribution in [-0.2, 0) is 17.4 Å². The number of carbonyl (C=O) groups excluding carboxylic acids is 2. The van der Waals surface area contributed by atoms with E-state index in [1.54, 1.807) is 13.2 Å². The van der Waals surface area contributed by atoms with Crippen LogP contribution in [-0.4, -0.2) is 51.3 Å². The molecule has 1 aliphatic heterocycles. The Morgan fingerprint density at radius 1 is 1.09 bits per heavy atom. The maximum Gasteiger partial charge on any atom is 0.416 e. The lowest BCUT2D eigenvalue weighted by Gasteiger charge is -2.22. The van der Waals surface area contributed by atoms with Gasteiger partial charge in [0.1, 0.15) is 12.1 Å². The lowest BCUT2D eigenvalue weighted by atomic mass is 10.00. The first-order valence-corrected chi connectivity index (χ1v) is 14.7. The Labute approximate surface area is 256 Å². The van der Waals surface area contributed by atoms with Gasteiger partial charge >= 0.3 is 12.2 Å². The van der Waals surface area contributed by atoms with E-state index in [4.69, 9.17) is 4.74 Å². The van der Waals surface area contributed by atoms with E-state index >= 15 is 0 Å². The zero-order valence-electron chi connectivity index (χ0n) is 24.1. The van der Waals surface area contributed by atoms with Crippen LogP contribution in [0.2, 0.25) is 0 Å². The number of aromatic nitrogens is 3. The van der Waals surface area contributed by atoms with Crippen molar-refractivity contribution in [2.45, 2.75) is 32.4 Å². The van der Waals surface area contributed by atoms with Crippen molar-refractivity contribution in [3.63, 3.8) is 0 Å². The van der Waals surface area contributed by atoms with Gasteiger partial charge in [0.05, 0.1) is 29.8 Å². The van der Waals surface area contributed by atoms with Crippen LogP contribution >= 0.6 is 11.8 Å². The number of benzene rings is 3. The Balaban J connectivity index is 1.19. The van der Waals surface area contributed by atoms with E-state index in [1.165, 1.54) is 39.8 Å². The molecule has 1 N–H and O–H groups in total. The molecule has 5 rings (SSSR count). The highest BCUT2D eigenvalue weighted by molar-refractivity contribution is 8.15. The van der Waals surface area contributed by atoms with E-state index in [0.717, 1.165) is 28.8 Å². The molecule has 9 nitrogen and oxygen atoms in total. The second-order valence-electron chi connectivity index (χ2n) is 10.2. The van der Waals surface area contributed by atoms with Crippen molar-refractivity contribution < 1.29 is 27.5 Å². The van der Waals surface area contributed by atoms with Crippen molar-refractivity contribution in [1.29, 1.82) is 0 Å². The summed E-state index contributed by atoms with van der Waals surface area (Å²) in [4.78, 5) is 35.4. The SMILES string of the molecule is COc1ccc(C(C)C)c(N2C(=O)CS/C2=N\C(=O)NCCc2ccc(-c3ncn(-c4ccc(C(F)(F)F)cc4)n3)cc2)c1. The Kier molecular flexibility index (Phi) is 9.04. The number of methoxy groups -OCH3 is 1. The number of rotatable bonds is 8. The largest absolute Gasteiger partial charge is 0.497 e. The summed E-state index contributed by atoms with van der Waals surface area (Å²) in [6.45, 7) is 4.38. The molecule has 13 heteroatoms. The molecule has 3 amide bonds. The lowest BCUT2D eigenvalue weighted by Crippen LogP contribution is -2.32. The molecule has 1 aromatic heterocycles. The van der Waals surface area contributed by atoms with Gasteiger partial charge in [-0.1, -0.05) is 55.9 Å². The van der Waals surface area contributed by atoms with Gasteiger partial charge in [-0.3, -0.25) is 9.69 Å². The van der Waals surface area contributed by atoms with Crippen LogP contribution in [0.3, 0.4) is 0 Å². The molecule has 44 heavy (non-hydrogen) atoms. The Hall–Kier alpha value is -4.65. The van der Waals surface area contributed by atoms with E-state index in [1.807, 2.05) is 50.2 Å². The number of halogens is 3. The van der Waals surface area contributed by atoms with Crippen LogP contribution in [0, 0.1) is 0 Å². The van der Waals surface area contributed by atoms with Gasteiger partial charge in [0.2, 0.25) is 5.91 Å². The third-order valence-corrected chi connectivity index (χ3v) is 7.84. The van der Waals surface area contributed by atoms with Crippen molar-refractivity contribution in [3.05, 3.63) is 89.7 Å². The molecular formula is C31H29F3N6O3S. The highest BCUT2D eigenvalue weighted by atomic mass is 32.2. The van der Waals surface area contributed by atoms with Crippen molar-refractivity contribution in [3.8, 4) is 22.8 Å². The van der Waals surface area contributed by atoms with Crippen LogP contribution in [0.4, 0.5) is 23.7 Å². The summed E-state index contributed by atoms with van der Waals surface area (Å²) in [5, 5.41) is 7.48. The van der Waals surface area contributed by atoms with Crippen LogP contribution in [0.1, 0.15) is 36.5 Å². The number of aliphatic imine (C=N–C) groups is 1. The van der Waals surface area contributed by atoms with Gasteiger partial charge in [0, 0.05) is 18.2 Å². The highest BCUT2D eigenvalue weighted by Gasteiger charge is 2.33. The van der Waals surface area contributed by atoms with Gasteiger partial charge in [0.25, 0.3) is 0 Å². The first-order valence-electron chi connectivity index (χ1n) is 13.7. The number of hydrogen-bond donors (Lipinski definition) is 1. The van der Waals surface area contributed by atoms with E-state index in [2.05, 4.69) is 20.4 Å². The molecular weight excluding hydrogens is 593 g/mol. The minimum absolute atomic E-state index is 0.140. The van der Waals surface area contributed by atoms with Gasteiger partial charge in [-0.2, -0.15) is 18.2 Å². The molecule has 3 aromatic carbocycles. The maximum absolute atomic E-state index is 12.8. The fourth-order valence-electron chi connectivity index (χ4n) is 4.60. The summed E-state index contributed by atoms with van der Waals surface area (Å²) in [6.07, 6.45) is -2.43. The molecule has 1 aliphatic rings. The second kappa shape index (κ2) is 12.9. The summed E-state index contributed by atoms with van der Waals surface area (Å²) in [5.41, 5.74) is 3.01. The summed E-state index contributed by atoms with van der Waals surface area (Å²) >= 11 is 1.21. The highest BCUT2D eigenvalue weighted by Crippen LogP contribution is 2.36. The van der Waals surface area contributed by atoms with Crippen LogP contribution in [0.5, 0.6) is 5.75 Å². The molecule has 1 fully saturated rings. The predicted octanol–water partition coefficient (Wildman–Crippen LogP) is 6.47. The minimum Gasteiger partial charge on any atom is -0.497 e. The van der Waals surface area contributed by atoms with Crippen molar-refractivity contribution in [2.24, 2.45) is 4.99 Å². The molecule has 0 aliphatic carbocycles. The first kappa shape index (κ1) is 30.8. The number of nitrogens with one attached hydrogen (secondary N) is 1. The Bertz CT molecular complexity index is 1690. The number of nitrogens with zero attached hydrogens (tertiary/aromatic N) is 5. The van der Waals surface area contributed by atoms with Crippen LogP contribution in [0.25, 0.3) is 17.1 Å². The first-order chi connectivity index (χ1) is 21.0. The van der Waals surface area contributed by atoms with E-state index in [-0.39, 0.29) is 17.6 Å². The quantitative estimate of drug-likeness (QED) is 0.242. The molecule has 0 spiro atoms. The van der Waals surface area contributed by atoms with E-state index < -0.39 is 17.8 Å². The van der Waals surface area contributed by atoms with Gasteiger partial charge in [-0.15, -0.1) is 5.10 Å². The predicted molar refractivity (Wildman–Crippen MR) is 163 cm³/mol. The molecule has 1 saturated heterocycles. The number of urea groups is 1. The molecule has 2 heterocycles. The Morgan fingerprint density at radius 3 is 2.48 bits per heavy atom. The van der Waals surface area contributed by atoms with E-state index in [0.29, 0.717) is 41.1 Å². The number of hydrogen-bond acceptors (Lipinski definition) is 6. The minimum atomic E-state index is -4.41. The average Bonchev–Trinajstić information content (AvgIpc) is 3.64. The van der Waals surface area contributed by atoms with Crippen molar-refractivity contribution in [2.75, 3.05) is 24.3 Å². The summed E-state index contributed by atoms with van der Waals surface area (Å²) in [6, 6.07) is 17.1. The summed E-state index contributed by atoms with van der Waals surface area (Å²) in [7, 11) is 1.56. The second-order valence-corrected chi connectivity index (χ2v) is 11.2. The third kappa shape index (κ3) is 6.94. The zero-order chi connectivity index (χ0) is 31.4. The normalized spacial score (nSPS) is 14.5. The number of alkyl halides is 3. The number of thioether (sulfide) groups is 1. The number of anilines is 1. The molecule has 228 valence electrons. The lowest BCUT2D eigenvalue weighted by molar-refractivity contribution is -0.137. The van der Waals surface area contributed by atoms with Gasteiger partial charge in [0.15, 0.2) is 11.0 Å². The van der Waals surface area contributed by atoms with E-state index in [9.17, 15) is 22.8 Å². The number of amidine groups is 1. The fraction of sp³-hybridized carbons (Fsp3) is 0.258. The zero-order valence-corrected chi connectivity index (χ0v) is 24.9. The molecule has 0 radical (unpaired) electrons. The topological polar surface area (TPSA) is 102 Å². The van der Waals surface area contributed by atoms with Crippen LogP contribution < -0.4 is 15.0 Å². The molecule has 0 saturated carbocycles.